The topological polar surface area (TPSA) is 63.4 Å². The molecule has 0 aromatic heterocycles. The highest BCUT2D eigenvalue weighted by atomic mass is 16.2. The van der Waals surface area contributed by atoms with Crippen LogP contribution in [0.5, 0.6) is 0 Å². The van der Waals surface area contributed by atoms with E-state index in [0.717, 1.165) is 0 Å². The maximum atomic E-state index is 11.2. The van der Waals surface area contributed by atoms with Gasteiger partial charge in [0.05, 0.1) is 6.54 Å². The summed E-state index contributed by atoms with van der Waals surface area (Å²) < 4.78 is 0. The first-order valence-electron chi connectivity index (χ1n) is 4.17. The molecule has 0 aromatic rings. The minimum absolute atomic E-state index is 0.0387. The van der Waals surface area contributed by atoms with Crippen LogP contribution in [-0.2, 0) is 9.59 Å². The fourth-order valence-electron chi connectivity index (χ4n) is 0.990. The van der Waals surface area contributed by atoms with Crippen LogP contribution >= 0.6 is 0 Å². The highest BCUT2D eigenvalue weighted by molar-refractivity contribution is 5.90. The van der Waals surface area contributed by atoms with Gasteiger partial charge in [0.1, 0.15) is 0 Å². The van der Waals surface area contributed by atoms with Crippen molar-refractivity contribution in [2.45, 2.75) is 13.8 Å². The maximum Gasteiger partial charge on any atom is 0.246 e. The number of hydrogen-bond donors (Lipinski definition) is 1. The van der Waals surface area contributed by atoms with Gasteiger partial charge in [-0.05, 0) is 12.0 Å². The van der Waals surface area contributed by atoms with Crippen molar-refractivity contribution >= 4 is 11.8 Å². The Bertz CT molecular complexity index is 212. The summed E-state index contributed by atoms with van der Waals surface area (Å²) in [6, 6.07) is 0. The Hall–Kier alpha value is -1.32. The molecule has 4 heteroatoms. The highest BCUT2D eigenvalue weighted by Crippen LogP contribution is 1.99. The van der Waals surface area contributed by atoms with Crippen molar-refractivity contribution in [2.24, 2.45) is 11.7 Å². The van der Waals surface area contributed by atoms with Crippen molar-refractivity contribution in [3.8, 4) is 0 Å². The molecular weight excluding hydrogens is 168 g/mol. The Morgan fingerprint density at radius 3 is 2.38 bits per heavy atom. The number of hydrogen-bond acceptors (Lipinski definition) is 2. The first-order chi connectivity index (χ1) is 5.97. The average molecular weight is 184 g/mol. The summed E-state index contributed by atoms with van der Waals surface area (Å²) in [6.07, 6.45) is 1.19. The SMILES string of the molecule is C=CC(=O)N(CC(N)=O)CC(C)C. The van der Waals surface area contributed by atoms with E-state index in [4.69, 9.17) is 5.73 Å². The Morgan fingerprint density at radius 1 is 1.54 bits per heavy atom. The Balaban J connectivity index is 4.26. The van der Waals surface area contributed by atoms with Crippen molar-refractivity contribution in [3.63, 3.8) is 0 Å². The highest BCUT2D eigenvalue weighted by Gasteiger charge is 2.13. The molecule has 0 aliphatic rings. The van der Waals surface area contributed by atoms with Crippen LogP contribution in [0.4, 0.5) is 0 Å². The van der Waals surface area contributed by atoms with Crippen LogP contribution in [0.2, 0.25) is 0 Å². The molecule has 2 N–H and O–H groups in total. The van der Waals surface area contributed by atoms with Crippen LogP contribution in [0.1, 0.15) is 13.8 Å². The lowest BCUT2D eigenvalue weighted by atomic mass is 10.2. The number of primary amides is 1. The van der Waals surface area contributed by atoms with Gasteiger partial charge in [-0.25, -0.2) is 0 Å². The zero-order valence-electron chi connectivity index (χ0n) is 8.12. The predicted octanol–water partition coefficient (Wildman–Crippen LogP) is 0.142. The number of carbonyl (C=O) groups is 2. The third-order valence-corrected chi connectivity index (χ3v) is 1.42. The molecule has 0 fully saturated rings. The summed E-state index contributed by atoms with van der Waals surface area (Å²) in [6.45, 7) is 7.76. The van der Waals surface area contributed by atoms with Crippen LogP contribution in [0, 0.1) is 5.92 Å². The molecule has 0 radical (unpaired) electrons. The lowest BCUT2D eigenvalue weighted by Crippen LogP contribution is -2.39. The standard InChI is InChI=1S/C9H16N2O2/c1-4-9(13)11(5-7(2)3)6-8(10)12/h4,7H,1,5-6H2,2-3H3,(H2,10,12). The second-order valence-electron chi connectivity index (χ2n) is 3.28. The van der Waals surface area contributed by atoms with E-state index in [2.05, 4.69) is 6.58 Å². The predicted molar refractivity (Wildman–Crippen MR) is 50.8 cm³/mol. The summed E-state index contributed by atoms with van der Waals surface area (Å²) in [5, 5.41) is 0. The largest absolute Gasteiger partial charge is 0.368 e. The van der Waals surface area contributed by atoms with E-state index in [-0.39, 0.29) is 12.5 Å². The molecule has 0 unspecified atom stereocenters. The minimum Gasteiger partial charge on any atom is -0.368 e. The van der Waals surface area contributed by atoms with E-state index < -0.39 is 5.91 Å². The van der Waals surface area contributed by atoms with E-state index in [1.54, 1.807) is 0 Å². The molecule has 0 spiro atoms. The van der Waals surface area contributed by atoms with Crippen LogP contribution in [0.25, 0.3) is 0 Å². The van der Waals surface area contributed by atoms with Gasteiger partial charge >= 0.3 is 0 Å². The van der Waals surface area contributed by atoms with Crippen LogP contribution in [0.15, 0.2) is 12.7 Å². The second-order valence-corrected chi connectivity index (χ2v) is 3.28. The molecule has 0 atom stereocenters. The molecule has 0 aliphatic heterocycles. The number of amides is 2. The normalized spacial score (nSPS) is 9.77. The quantitative estimate of drug-likeness (QED) is 0.618. The van der Waals surface area contributed by atoms with Gasteiger partial charge in [0.15, 0.2) is 0 Å². The molecule has 4 nitrogen and oxygen atoms in total. The van der Waals surface area contributed by atoms with Gasteiger partial charge in [0, 0.05) is 6.54 Å². The molecular formula is C9H16N2O2. The smallest absolute Gasteiger partial charge is 0.246 e. The van der Waals surface area contributed by atoms with Crippen molar-refractivity contribution in [1.82, 2.24) is 4.90 Å². The lowest BCUT2D eigenvalue weighted by Gasteiger charge is -2.21. The molecule has 0 aromatic carbocycles. The molecule has 74 valence electrons. The van der Waals surface area contributed by atoms with Gasteiger partial charge in [0.2, 0.25) is 11.8 Å². The number of nitrogens with two attached hydrogens (primary N) is 1. The zero-order chi connectivity index (χ0) is 10.4. The monoisotopic (exact) mass is 184 g/mol. The van der Waals surface area contributed by atoms with Crippen LogP contribution < -0.4 is 5.73 Å². The molecule has 0 saturated carbocycles. The molecule has 0 heterocycles. The summed E-state index contributed by atoms with van der Waals surface area (Å²) in [7, 11) is 0. The molecule has 0 bridgehead atoms. The van der Waals surface area contributed by atoms with E-state index in [1.165, 1.54) is 11.0 Å². The van der Waals surface area contributed by atoms with E-state index in [9.17, 15) is 9.59 Å². The van der Waals surface area contributed by atoms with E-state index in [0.29, 0.717) is 12.5 Å². The van der Waals surface area contributed by atoms with Crippen molar-refractivity contribution in [2.75, 3.05) is 13.1 Å². The molecule has 0 rings (SSSR count). The third kappa shape index (κ3) is 5.00. The zero-order valence-corrected chi connectivity index (χ0v) is 8.12. The Kier molecular flexibility index (Phi) is 4.80. The van der Waals surface area contributed by atoms with Crippen LogP contribution in [0.3, 0.4) is 0 Å². The number of carbonyl (C=O) groups excluding carboxylic acids is 2. The molecule has 0 saturated heterocycles. The van der Waals surface area contributed by atoms with E-state index in [1.807, 2.05) is 13.8 Å². The summed E-state index contributed by atoms with van der Waals surface area (Å²) >= 11 is 0. The average Bonchev–Trinajstić information content (AvgIpc) is 2.00. The van der Waals surface area contributed by atoms with Crippen LogP contribution in [-0.4, -0.2) is 29.8 Å². The van der Waals surface area contributed by atoms with Gasteiger partial charge in [-0.15, -0.1) is 0 Å². The number of nitrogens with zero attached hydrogens (tertiary/aromatic N) is 1. The molecule has 2 amide bonds. The molecule has 13 heavy (non-hydrogen) atoms. The van der Waals surface area contributed by atoms with Crippen molar-refractivity contribution < 1.29 is 9.59 Å². The van der Waals surface area contributed by atoms with E-state index >= 15 is 0 Å². The summed E-state index contributed by atoms with van der Waals surface area (Å²) in [4.78, 5) is 23.2. The second kappa shape index (κ2) is 5.35. The van der Waals surface area contributed by atoms with Gasteiger partial charge < -0.3 is 10.6 Å². The molecule has 0 aliphatic carbocycles. The maximum absolute atomic E-state index is 11.2. The van der Waals surface area contributed by atoms with Gasteiger partial charge in [-0.3, -0.25) is 9.59 Å². The minimum atomic E-state index is -0.504. The first kappa shape index (κ1) is 11.7. The van der Waals surface area contributed by atoms with Gasteiger partial charge in [0.25, 0.3) is 0 Å². The third-order valence-electron chi connectivity index (χ3n) is 1.42. The fraction of sp³-hybridized carbons (Fsp3) is 0.556. The van der Waals surface area contributed by atoms with Gasteiger partial charge in [-0.2, -0.15) is 0 Å². The lowest BCUT2D eigenvalue weighted by molar-refractivity contribution is -0.131. The number of rotatable bonds is 5. The first-order valence-corrected chi connectivity index (χ1v) is 4.17. The van der Waals surface area contributed by atoms with Crippen molar-refractivity contribution in [1.29, 1.82) is 0 Å². The Labute approximate surface area is 78.4 Å². The van der Waals surface area contributed by atoms with Gasteiger partial charge in [-0.1, -0.05) is 20.4 Å². The Morgan fingerprint density at radius 2 is 2.08 bits per heavy atom. The summed E-state index contributed by atoms with van der Waals surface area (Å²) in [5.74, 6) is -0.452. The van der Waals surface area contributed by atoms with Crippen molar-refractivity contribution in [3.05, 3.63) is 12.7 Å². The summed E-state index contributed by atoms with van der Waals surface area (Å²) in [5.41, 5.74) is 4.99. The fourth-order valence-corrected chi connectivity index (χ4v) is 0.990.